The fraction of sp³-hybridized carbons (Fsp3) is 0.368. The van der Waals surface area contributed by atoms with Gasteiger partial charge in [-0.1, -0.05) is 48.5 Å². The minimum atomic E-state index is 0.0102. The van der Waals surface area contributed by atoms with Crippen LogP contribution in [0.15, 0.2) is 48.5 Å². The lowest BCUT2D eigenvalue weighted by molar-refractivity contribution is 0.407. The summed E-state index contributed by atoms with van der Waals surface area (Å²) in [6.07, 6.45) is 0. The van der Waals surface area contributed by atoms with Crippen molar-refractivity contribution in [1.82, 2.24) is 0 Å². The molecule has 0 spiro atoms. The van der Waals surface area contributed by atoms with E-state index in [1.54, 1.807) is 28.4 Å². The van der Waals surface area contributed by atoms with Crippen LogP contribution in [0.2, 0.25) is 0 Å². The summed E-state index contributed by atoms with van der Waals surface area (Å²) in [5.74, 6) is 3.76. The molecule has 4 rings (SSSR count). The van der Waals surface area contributed by atoms with Gasteiger partial charge in [0.2, 0.25) is 0 Å². The van der Waals surface area contributed by atoms with Crippen LogP contribution in [0.5, 0.6) is 23.0 Å². The Balaban J connectivity index is 2.14. The molecule has 4 aromatic rings. The molecule has 0 N–H and O–H groups in total. The zero-order valence-electron chi connectivity index (χ0n) is 27.4. The van der Waals surface area contributed by atoms with E-state index in [1.807, 2.05) is 0 Å². The van der Waals surface area contributed by atoms with Crippen molar-refractivity contribution in [3.63, 3.8) is 0 Å². The Morgan fingerprint density at radius 3 is 0.571 bits per heavy atom. The van der Waals surface area contributed by atoms with Gasteiger partial charge in [-0.3, -0.25) is 0 Å². The number of rotatable bonds is 9. The monoisotopic (exact) mass is 566 g/mol. The van der Waals surface area contributed by atoms with Gasteiger partial charge in [0.05, 0.1) is 28.4 Å². The van der Waals surface area contributed by atoms with Crippen LogP contribution >= 0.6 is 0 Å². The van der Waals surface area contributed by atoms with E-state index < -0.39 is 0 Å². The maximum Gasteiger partial charge on any atom is 0.124 e. The van der Waals surface area contributed by atoms with Gasteiger partial charge in [0, 0.05) is 11.8 Å². The van der Waals surface area contributed by atoms with Crippen molar-refractivity contribution < 1.29 is 18.9 Å². The highest BCUT2D eigenvalue weighted by Crippen LogP contribution is 2.48. The maximum atomic E-state index is 5.78. The van der Waals surface area contributed by atoms with Crippen molar-refractivity contribution in [3.8, 4) is 23.0 Å². The van der Waals surface area contributed by atoms with E-state index in [0.29, 0.717) is 0 Å². The lowest BCUT2D eigenvalue weighted by Crippen LogP contribution is -2.17. The molecule has 0 saturated carbocycles. The van der Waals surface area contributed by atoms with Crippen molar-refractivity contribution in [1.29, 1.82) is 0 Å². The molecule has 222 valence electrons. The van der Waals surface area contributed by atoms with Crippen LogP contribution in [0.4, 0.5) is 0 Å². The number of methoxy groups -OCH3 is 4. The summed E-state index contributed by atoms with van der Waals surface area (Å²) in [6, 6.07) is 18.4. The van der Waals surface area contributed by atoms with E-state index in [2.05, 4.69) is 104 Å². The number of benzene rings is 4. The first-order chi connectivity index (χ1) is 19.9. The highest BCUT2D eigenvalue weighted by atomic mass is 16.5. The van der Waals surface area contributed by atoms with Crippen LogP contribution in [0, 0.1) is 55.4 Å². The second kappa shape index (κ2) is 12.5. The summed E-state index contributed by atoms with van der Waals surface area (Å²) < 4.78 is 23.1. The highest BCUT2D eigenvalue weighted by molar-refractivity contribution is 5.57. The Morgan fingerprint density at radius 2 is 0.452 bits per heavy atom. The van der Waals surface area contributed by atoms with Crippen LogP contribution in [-0.4, -0.2) is 28.4 Å². The Kier molecular flexibility index (Phi) is 9.25. The number of aryl methyl sites for hydroxylation is 8. The van der Waals surface area contributed by atoms with Gasteiger partial charge in [0.25, 0.3) is 0 Å². The van der Waals surface area contributed by atoms with Gasteiger partial charge in [-0.2, -0.15) is 0 Å². The Hall–Kier alpha value is -3.92. The lowest BCUT2D eigenvalue weighted by atomic mass is 9.71. The minimum absolute atomic E-state index is 0.0102. The number of ether oxygens (including phenoxy) is 4. The molecule has 0 aliphatic carbocycles. The molecule has 0 aliphatic rings. The van der Waals surface area contributed by atoms with Gasteiger partial charge in [-0.15, -0.1) is 0 Å². The van der Waals surface area contributed by atoms with Crippen LogP contribution in [0.1, 0.15) is 78.6 Å². The second-order valence-corrected chi connectivity index (χ2v) is 11.7. The molecule has 0 saturated heterocycles. The van der Waals surface area contributed by atoms with Crippen LogP contribution in [-0.2, 0) is 0 Å². The Morgan fingerprint density at radius 1 is 0.310 bits per heavy atom. The fourth-order valence-electron chi connectivity index (χ4n) is 7.10. The normalized spacial score (nSPS) is 11.3. The largest absolute Gasteiger partial charge is 0.496 e. The van der Waals surface area contributed by atoms with Crippen LogP contribution < -0.4 is 18.9 Å². The fourth-order valence-corrected chi connectivity index (χ4v) is 7.10. The summed E-state index contributed by atoms with van der Waals surface area (Å²) in [5, 5.41) is 0. The third kappa shape index (κ3) is 5.72. The van der Waals surface area contributed by atoms with Crippen molar-refractivity contribution in [2.45, 2.75) is 67.2 Å². The molecule has 0 unspecified atom stereocenters. The molecule has 0 heterocycles. The van der Waals surface area contributed by atoms with Gasteiger partial charge in [-0.05, 0) is 122 Å². The van der Waals surface area contributed by atoms with Crippen LogP contribution in [0.25, 0.3) is 0 Å². The molecule has 4 aromatic carbocycles. The van der Waals surface area contributed by atoms with E-state index >= 15 is 0 Å². The van der Waals surface area contributed by atoms with Crippen LogP contribution in [0.3, 0.4) is 0 Å². The summed E-state index contributed by atoms with van der Waals surface area (Å²) in [6.45, 7) is 17.1. The predicted molar refractivity (Wildman–Crippen MR) is 174 cm³/mol. The Labute approximate surface area is 252 Å². The summed E-state index contributed by atoms with van der Waals surface area (Å²) in [4.78, 5) is 0. The minimum Gasteiger partial charge on any atom is -0.496 e. The number of hydrogen-bond acceptors (Lipinski definition) is 4. The smallest absolute Gasteiger partial charge is 0.124 e. The van der Waals surface area contributed by atoms with E-state index in [1.165, 1.54) is 22.3 Å². The summed E-state index contributed by atoms with van der Waals surface area (Å²) in [5.41, 5.74) is 14.0. The molecule has 42 heavy (non-hydrogen) atoms. The Bertz CT molecular complexity index is 1280. The average Bonchev–Trinajstić information content (AvgIpc) is 2.90. The topological polar surface area (TPSA) is 36.9 Å². The average molecular weight is 567 g/mol. The number of hydrogen-bond donors (Lipinski definition) is 0. The molecule has 0 bridgehead atoms. The van der Waals surface area contributed by atoms with Gasteiger partial charge in [0.15, 0.2) is 0 Å². The zero-order chi connectivity index (χ0) is 30.9. The molecular weight excluding hydrogens is 520 g/mol. The molecule has 0 amide bonds. The van der Waals surface area contributed by atoms with Gasteiger partial charge in [-0.25, -0.2) is 0 Å². The van der Waals surface area contributed by atoms with Gasteiger partial charge >= 0.3 is 0 Å². The zero-order valence-corrected chi connectivity index (χ0v) is 27.4. The standard InChI is InChI=1S/C38H46O4/c1-21-13-29(14-22(2)35(21)39-9)33(30-15-23(3)36(40-10)24(4)16-30)34(31-17-25(5)37(41-11)26(6)18-31)32-19-27(7)38(42-12)28(8)20-32/h13-20,33-34H,1-12H3. The predicted octanol–water partition coefficient (Wildman–Crippen LogP) is 9.15. The third-order valence-electron chi connectivity index (χ3n) is 8.52. The first-order valence-electron chi connectivity index (χ1n) is 14.6. The molecule has 4 heteroatoms. The molecule has 0 aromatic heterocycles. The third-order valence-corrected chi connectivity index (χ3v) is 8.52. The molecular formula is C38H46O4. The van der Waals surface area contributed by atoms with Crippen molar-refractivity contribution in [2.24, 2.45) is 0 Å². The van der Waals surface area contributed by atoms with E-state index in [-0.39, 0.29) is 11.8 Å². The van der Waals surface area contributed by atoms with Crippen molar-refractivity contribution in [2.75, 3.05) is 28.4 Å². The maximum absolute atomic E-state index is 5.78. The van der Waals surface area contributed by atoms with E-state index in [4.69, 9.17) is 18.9 Å². The summed E-state index contributed by atoms with van der Waals surface area (Å²) in [7, 11) is 6.99. The summed E-state index contributed by atoms with van der Waals surface area (Å²) >= 11 is 0. The first kappa shape index (κ1) is 31.0. The lowest BCUT2D eigenvalue weighted by Gasteiger charge is -2.32. The molecule has 0 radical (unpaired) electrons. The van der Waals surface area contributed by atoms with Gasteiger partial charge in [0.1, 0.15) is 23.0 Å². The van der Waals surface area contributed by atoms with E-state index in [0.717, 1.165) is 67.5 Å². The molecule has 0 atom stereocenters. The van der Waals surface area contributed by atoms with Gasteiger partial charge < -0.3 is 18.9 Å². The van der Waals surface area contributed by atoms with Crippen molar-refractivity contribution in [3.05, 3.63) is 115 Å². The molecule has 0 fully saturated rings. The SMILES string of the molecule is COc1c(C)cc(C(c2cc(C)c(OC)c(C)c2)C(c2cc(C)c(OC)c(C)c2)c2cc(C)c(OC)c(C)c2)cc1C. The second-order valence-electron chi connectivity index (χ2n) is 11.7. The first-order valence-corrected chi connectivity index (χ1v) is 14.6. The van der Waals surface area contributed by atoms with E-state index in [9.17, 15) is 0 Å². The van der Waals surface area contributed by atoms with Crippen molar-refractivity contribution >= 4 is 0 Å². The highest BCUT2D eigenvalue weighted by Gasteiger charge is 2.31. The quantitative estimate of drug-likeness (QED) is 0.202. The molecule has 0 aliphatic heterocycles. The molecule has 4 nitrogen and oxygen atoms in total.